The summed E-state index contributed by atoms with van der Waals surface area (Å²) in [6.07, 6.45) is 0. The van der Waals surface area contributed by atoms with Crippen LogP contribution in [-0.4, -0.2) is 41.5 Å². The maximum Gasteiger partial charge on any atom is 0.352 e. The average molecular weight is 446 g/mol. The second-order valence-corrected chi connectivity index (χ2v) is 5.96. The first-order valence-corrected chi connectivity index (χ1v) is 9.46. The van der Waals surface area contributed by atoms with Crippen LogP contribution in [0.15, 0.2) is 36.4 Å². The predicted octanol–water partition coefficient (Wildman–Crippen LogP) is 4.32. The Morgan fingerprint density at radius 3 is 2.16 bits per heavy atom. The maximum absolute atomic E-state index is 14.6. The number of likely N-dealkylation sites (N-methyl/N-ethyl adjacent to an activating group) is 1. The van der Waals surface area contributed by atoms with Crippen molar-refractivity contribution in [2.24, 2.45) is 0 Å². The Morgan fingerprint density at radius 2 is 1.61 bits per heavy atom. The van der Waals surface area contributed by atoms with Crippen molar-refractivity contribution >= 4 is 17.5 Å². The van der Waals surface area contributed by atoms with Gasteiger partial charge in [-0.05, 0) is 37.3 Å². The topological polar surface area (TPSA) is 69.6 Å². The molecular formula is C21H23F5N2O3. The van der Waals surface area contributed by atoms with Crippen LogP contribution in [0.25, 0.3) is 0 Å². The number of nitrogens with one attached hydrogen (secondary N) is 1. The molecule has 0 aliphatic carbocycles. The van der Waals surface area contributed by atoms with E-state index in [1.54, 1.807) is 0 Å². The normalized spacial score (nSPS) is 10.7. The largest absolute Gasteiger partial charge is 0.395 e. The summed E-state index contributed by atoms with van der Waals surface area (Å²) < 4.78 is 69.4. The van der Waals surface area contributed by atoms with Crippen LogP contribution >= 0.6 is 0 Å². The van der Waals surface area contributed by atoms with Crippen LogP contribution in [0.1, 0.15) is 36.7 Å². The molecular weight excluding hydrogens is 423 g/mol. The number of benzene rings is 2. The zero-order valence-corrected chi connectivity index (χ0v) is 17.2. The maximum atomic E-state index is 14.6. The Hall–Kier alpha value is -3.01. The van der Waals surface area contributed by atoms with E-state index < -0.39 is 52.9 Å². The highest BCUT2D eigenvalue weighted by Crippen LogP contribution is 2.33. The fraction of sp³-hybridized carbons (Fsp3) is 0.333. The molecule has 0 bridgehead atoms. The third-order valence-corrected chi connectivity index (χ3v) is 4.05. The third kappa shape index (κ3) is 6.24. The second kappa shape index (κ2) is 11.4. The number of aliphatic hydroxyl groups excluding tert-OH is 1. The highest BCUT2D eigenvalue weighted by atomic mass is 19.3. The number of amides is 2. The van der Waals surface area contributed by atoms with Crippen molar-refractivity contribution in [2.45, 2.75) is 26.7 Å². The highest BCUT2D eigenvalue weighted by molar-refractivity contribution is 6.04. The molecule has 31 heavy (non-hydrogen) atoms. The summed E-state index contributed by atoms with van der Waals surface area (Å²) >= 11 is 0. The molecule has 0 aliphatic rings. The summed E-state index contributed by atoms with van der Waals surface area (Å²) in [5.74, 6) is -10.8. The lowest BCUT2D eigenvalue weighted by molar-refractivity contribution is -0.159. The molecule has 2 aromatic carbocycles. The van der Waals surface area contributed by atoms with Gasteiger partial charge in [-0.2, -0.15) is 8.78 Å². The molecule has 2 rings (SSSR count). The van der Waals surface area contributed by atoms with E-state index in [0.717, 1.165) is 18.2 Å². The van der Waals surface area contributed by atoms with Gasteiger partial charge in [0, 0.05) is 30.4 Å². The van der Waals surface area contributed by atoms with Gasteiger partial charge in [-0.15, -0.1) is 0 Å². The first-order valence-electron chi connectivity index (χ1n) is 9.46. The molecule has 0 spiro atoms. The van der Waals surface area contributed by atoms with Crippen LogP contribution in [0.4, 0.5) is 27.6 Å². The van der Waals surface area contributed by atoms with Crippen molar-refractivity contribution in [3.8, 4) is 0 Å². The van der Waals surface area contributed by atoms with Gasteiger partial charge in [0.25, 0.3) is 11.8 Å². The molecule has 5 nitrogen and oxygen atoms in total. The SMILES string of the molecule is CC.CCN(CCO)C(=O)C(F)(F)c1cc(C(=O)Nc2ccc(F)c(F)c2)ccc1F. The average Bonchev–Trinajstić information content (AvgIpc) is 2.75. The van der Waals surface area contributed by atoms with Gasteiger partial charge in [0.2, 0.25) is 0 Å². The van der Waals surface area contributed by atoms with Crippen molar-refractivity contribution in [3.05, 3.63) is 65.0 Å². The standard InChI is InChI=1S/C19H17F5N2O3.C2H6/c1-2-26(7-8-27)18(29)19(23,24)13-9-11(3-5-14(13)20)17(28)25-12-4-6-15(21)16(22)10-12;1-2/h3-6,9-10,27H,2,7-8H2,1H3,(H,25,28);1-2H3. The van der Waals surface area contributed by atoms with Crippen molar-refractivity contribution in [1.29, 1.82) is 0 Å². The number of anilines is 1. The number of hydrogen-bond donors (Lipinski definition) is 2. The number of carbonyl (C=O) groups excluding carboxylic acids is 2. The third-order valence-electron chi connectivity index (χ3n) is 4.05. The minimum Gasteiger partial charge on any atom is -0.395 e. The molecule has 2 aromatic rings. The molecule has 0 heterocycles. The zero-order valence-electron chi connectivity index (χ0n) is 17.2. The number of halogens is 5. The lowest BCUT2D eigenvalue weighted by Crippen LogP contribution is -2.43. The smallest absolute Gasteiger partial charge is 0.352 e. The predicted molar refractivity (Wildman–Crippen MR) is 105 cm³/mol. The molecule has 0 saturated heterocycles. The van der Waals surface area contributed by atoms with E-state index in [-0.39, 0.29) is 18.8 Å². The minimum atomic E-state index is -4.30. The van der Waals surface area contributed by atoms with E-state index in [0.29, 0.717) is 23.1 Å². The van der Waals surface area contributed by atoms with Crippen LogP contribution in [0.5, 0.6) is 0 Å². The number of nitrogens with zero attached hydrogens (tertiary/aromatic N) is 1. The van der Waals surface area contributed by atoms with Crippen LogP contribution < -0.4 is 5.32 Å². The van der Waals surface area contributed by atoms with E-state index in [4.69, 9.17) is 5.11 Å². The van der Waals surface area contributed by atoms with Gasteiger partial charge in [-0.25, -0.2) is 13.2 Å². The molecule has 0 fully saturated rings. The summed E-state index contributed by atoms with van der Waals surface area (Å²) in [6, 6.07) is 4.50. The van der Waals surface area contributed by atoms with Crippen LogP contribution in [-0.2, 0) is 10.7 Å². The van der Waals surface area contributed by atoms with Crippen LogP contribution in [0.2, 0.25) is 0 Å². The van der Waals surface area contributed by atoms with Gasteiger partial charge in [-0.3, -0.25) is 9.59 Å². The Bertz CT molecular complexity index is 922. The number of aliphatic hydroxyl groups is 1. The van der Waals surface area contributed by atoms with E-state index in [9.17, 15) is 31.5 Å². The van der Waals surface area contributed by atoms with Crippen molar-refractivity contribution in [2.75, 3.05) is 25.0 Å². The summed E-state index contributed by atoms with van der Waals surface area (Å²) in [5, 5.41) is 11.1. The van der Waals surface area contributed by atoms with Crippen LogP contribution in [0, 0.1) is 17.5 Å². The lowest BCUT2D eigenvalue weighted by Gasteiger charge is -2.26. The van der Waals surface area contributed by atoms with Crippen LogP contribution in [0.3, 0.4) is 0 Å². The molecule has 2 amide bonds. The molecule has 0 saturated carbocycles. The van der Waals surface area contributed by atoms with Gasteiger partial charge in [0.1, 0.15) is 5.82 Å². The molecule has 0 unspecified atom stereocenters. The fourth-order valence-corrected chi connectivity index (χ4v) is 2.52. The molecule has 0 aromatic heterocycles. The number of rotatable bonds is 7. The molecule has 2 N–H and O–H groups in total. The number of hydrogen-bond acceptors (Lipinski definition) is 3. The quantitative estimate of drug-likeness (QED) is 0.623. The minimum absolute atomic E-state index is 0.146. The molecule has 10 heteroatoms. The Balaban J connectivity index is 0.00000233. The van der Waals surface area contributed by atoms with E-state index in [1.165, 1.54) is 6.92 Å². The Labute approximate surface area is 176 Å². The summed E-state index contributed by atoms with van der Waals surface area (Å²) in [5.41, 5.74) is -1.90. The van der Waals surface area contributed by atoms with E-state index in [1.807, 2.05) is 13.8 Å². The number of carbonyl (C=O) groups is 2. The van der Waals surface area contributed by atoms with Gasteiger partial charge in [0.15, 0.2) is 11.6 Å². The lowest BCUT2D eigenvalue weighted by atomic mass is 10.0. The van der Waals surface area contributed by atoms with Gasteiger partial charge < -0.3 is 15.3 Å². The first kappa shape index (κ1) is 26.0. The molecule has 0 radical (unpaired) electrons. The Kier molecular flexibility index (Phi) is 9.57. The highest BCUT2D eigenvalue weighted by Gasteiger charge is 2.45. The second-order valence-electron chi connectivity index (χ2n) is 5.96. The monoisotopic (exact) mass is 446 g/mol. The number of alkyl halides is 2. The molecule has 0 aliphatic heterocycles. The van der Waals surface area contributed by atoms with E-state index >= 15 is 0 Å². The summed E-state index contributed by atoms with van der Waals surface area (Å²) in [6.45, 7) is 4.33. The van der Waals surface area contributed by atoms with Gasteiger partial charge in [0.05, 0.1) is 12.2 Å². The van der Waals surface area contributed by atoms with Gasteiger partial charge >= 0.3 is 5.92 Å². The van der Waals surface area contributed by atoms with Crippen molar-refractivity contribution in [1.82, 2.24) is 4.90 Å². The summed E-state index contributed by atoms with van der Waals surface area (Å²) in [4.78, 5) is 25.0. The zero-order chi connectivity index (χ0) is 23.8. The van der Waals surface area contributed by atoms with Gasteiger partial charge in [-0.1, -0.05) is 13.8 Å². The molecule has 0 atom stereocenters. The molecule has 170 valence electrons. The van der Waals surface area contributed by atoms with Crippen molar-refractivity contribution in [3.63, 3.8) is 0 Å². The summed E-state index contributed by atoms with van der Waals surface area (Å²) in [7, 11) is 0. The van der Waals surface area contributed by atoms with E-state index in [2.05, 4.69) is 5.32 Å². The fourth-order valence-electron chi connectivity index (χ4n) is 2.52. The first-order chi connectivity index (χ1) is 14.6. The Morgan fingerprint density at radius 1 is 1.00 bits per heavy atom. The van der Waals surface area contributed by atoms with Crippen molar-refractivity contribution < 1.29 is 36.6 Å².